The normalized spacial score (nSPS) is 28.1. The van der Waals surface area contributed by atoms with E-state index < -0.39 is 0 Å². The molecule has 2 heterocycles. The zero-order valence-electron chi connectivity index (χ0n) is 12.2. The van der Waals surface area contributed by atoms with Crippen LogP contribution in [-0.2, 0) is 4.79 Å². The molecular formula is C16H20N4O. The van der Waals surface area contributed by atoms with E-state index in [1.165, 1.54) is 0 Å². The molecule has 0 aromatic heterocycles. The number of hydrogen-bond acceptors (Lipinski definition) is 4. The Hall–Kier alpha value is -1.90. The van der Waals surface area contributed by atoms with Crippen molar-refractivity contribution >= 4 is 11.6 Å². The molecule has 1 aromatic rings. The molecule has 5 nitrogen and oxygen atoms in total. The lowest BCUT2D eigenvalue weighted by Gasteiger charge is -2.23. The maximum Gasteiger partial charge on any atom is 0.238 e. The fraction of sp³-hybridized carbons (Fsp3) is 0.500. The first-order valence-electron chi connectivity index (χ1n) is 7.42. The average Bonchev–Trinajstić information content (AvgIpc) is 3.04. The van der Waals surface area contributed by atoms with E-state index >= 15 is 0 Å². The Bertz CT molecular complexity index is 563. The topological polar surface area (TPSA) is 68.2 Å². The van der Waals surface area contributed by atoms with Crippen molar-refractivity contribution in [2.45, 2.75) is 13.0 Å². The fourth-order valence-electron chi connectivity index (χ4n) is 3.48. The minimum absolute atomic E-state index is 0.0134. The van der Waals surface area contributed by atoms with Crippen LogP contribution in [-0.4, -0.2) is 43.0 Å². The van der Waals surface area contributed by atoms with Crippen LogP contribution in [0.1, 0.15) is 12.5 Å². The van der Waals surface area contributed by atoms with Gasteiger partial charge in [0.15, 0.2) is 0 Å². The molecule has 0 saturated carbocycles. The van der Waals surface area contributed by atoms with Crippen LogP contribution < -0.4 is 10.6 Å². The molecule has 0 aliphatic carbocycles. The van der Waals surface area contributed by atoms with Gasteiger partial charge in [-0.05, 0) is 56.1 Å². The number of rotatable bonds is 3. The van der Waals surface area contributed by atoms with Crippen molar-refractivity contribution in [3.63, 3.8) is 0 Å². The summed E-state index contributed by atoms with van der Waals surface area (Å²) in [5.41, 5.74) is 1.34. The van der Waals surface area contributed by atoms with Gasteiger partial charge in [-0.1, -0.05) is 0 Å². The maximum atomic E-state index is 12.2. The van der Waals surface area contributed by atoms with Crippen LogP contribution >= 0.6 is 0 Å². The number of carbonyl (C=O) groups excluding carboxylic acids is 1. The van der Waals surface area contributed by atoms with Gasteiger partial charge >= 0.3 is 0 Å². The number of hydrogen-bond donors (Lipinski definition) is 2. The molecule has 1 aromatic carbocycles. The molecule has 2 aliphatic rings. The Morgan fingerprint density at radius 2 is 2.19 bits per heavy atom. The van der Waals surface area contributed by atoms with Crippen molar-refractivity contribution in [2.24, 2.45) is 11.8 Å². The molecule has 2 aliphatic heterocycles. The number of likely N-dealkylation sites (tertiary alicyclic amines) is 1. The highest BCUT2D eigenvalue weighted by atomic mass is 16.2. The third-order valence-electron chi connectivity index (χ3n) is 4.70. The van der Waals surface area contributed by atoms with E-state index in [9.17, 15) is 4.79 Å². The molecular weight excluding hydrogens is 264 g/mol. The number of anilines is 1. The lowest BCUT2D eigenvalue weighted by Crippen LogP contribution is -2.38. The number of benzene rings is 1. The second-order valence-corrected chi connectivity index (χ2v) is 5.99. The van der Waals surface area contributed by atoms with E-state index in [0.717, 1.165) is 25.3 Å². The van der Waals surface area contributed by atoms with Gasteiger partial charge in [-0.2, -0.15) is 5.26 Å². The summed E-state index contributed by atoms with van der Waals surface area (Å²) in [7, 11) is 0. The molecule has 3 unspecified atom stereocenters. The largest absolute Gasteiger partial charge is 0.325 e. The lowest BCUT2D eigenvalue weighted by molar-refractivity contribution is -0.117. The molecule has 5 heteroatoms. The zero-order valence-corrected chi connectivity index (χ0v) is 12.2. The predicted octanol–water partition coefficient (Wildman–Crippen LogP) is 1.04. The van der Waals surface area contributed by atoms with Gasteiger partial charge in [-0.3, -0.25) is 9.69 Å². The smallest absolute Gasteiger partial charge is 0.238 e. The van der Waals surface area contributed by atoms with E-state index in [4.69, 9.17) is 5.26 Å². The third-order valence-corrected chi connectivity index (χ3v) is 4.70. The van der Waals surface area contributed by atoms with Crippen LogP contribution in [0.25, 0.3) is 0 Å². The molecule has 110 valence electrons. The fourth-order valence-corrected chi connectivity index (χ4v) is 3.48. The molecule has 1 amide bonds. The van der Waals surface area contributed by atoms with E-state index in [2.05, 4.69) is 28.5 Å². The minimum Gasteiger partial charge on any atom is -0.325 e. The van der Waals surface area contributed by atoms with Crippen LogP contribution in [0.15, 0.2) is 24.3 Å². The van der Waals surface area contributed by atoms with E-state index in [1.54, 1.807) is 24.3 Å². The quantitative estimate of drug-likeness (QED) is 0.870. The molecule has 2 N–H and O–H groups in total. The maximum absolute atomic E-state index is 12.2. The summed E-state index contributed by atoms with van der Waals surface area (Å²) in [5, 5.41) is 15.1. The van der Waals surface area contributed by atoms with E-state index in [1.807, 2.05) is 0 Å². The number of nitriles is 1. The highest BCUT2D eigenvalue weighted by Crippen LogP contribution is 2.31. The first-order valence-corrected chi connectivity index (χ1v) is 7.42. The number of fused-ring (bicyclic) bond motifs is 1. The average molecular weight is 284 g/mol. The SMILES string of the molecule is CC1C2CNCC2CN1CC(=O)Nc1ccc(C#N)cc1. The summed E-state index contributed by atoms with van der Waals surface area (Å²) in [5.74, 6) is 1.37. The lowest BCUT2D eigenvalue weighted by atomic mass is 9.95. The molecule has 2 fully saturated rings. The van der Waals surface area contributed by atoms with Gasteiger partial charge in [-0.15, -0.1) is 0 Å². The van der Waals surface area contributed by atoms with Crippen molar-refractivity contribution in [2.75, 3.05) is 31.5 Å². The van der Waals surface area contributed by atoms with Gasteiger partial charge in [0.2, 0.25) is 5.91 Å². The standard InChI is InChI=1S/C16H20N4O/c1-11-15-8-18-7-13(15)9-20(11)10-16(21)19-14-4-2-12(6-17)3-5-14/h2-5,11,13,15,18H,7-10H2,1H3,(H,19,21). The van der Waals surface area contributed by atoms with Crippen molar-refractivity contribution in [1.29, 1.82) is 5.26 Å². The van der Waals surface area contributed by atoms with Crippen molar-refractivity contribution in [3.05, 3.63) is 29.8 Å². The van der Waals surface area contributed by atoms with Gasteiger partial charge in [0.1, 0.15) is 0 Å². The molecule has 3 atom stereocenters. The molecule has 2 saturated heterocycles. The number of nitrogens with zero attached hydrogens (tertiary/aromatic N) is 2. The second-order valence-electron chi connectivity index (χ2n) is 5.99. The summed E-state index contributed by atoms with van der Waals surface area (Å²) < 4.78 is 0. The number of nitrogens with one attached hydrogen (secondary N) is 2. The highest BCUT2D eigenvalue weighted by Gasteiger charge is 2.42. The van der Waals surface area contributed by atoms with Gasteiger partial charge in [0, 0.05) is 18.3 Å². The molecule has 0 radical (unpaired) electrons. The third kappa shape index (κ3) is 2.92. The molecule has 3 rings (SSSR count). The molecule has 21 heavy (non-hydrogen) atoms. The summed E-state index contributed by atoms with van der Waals surface area (Å²) in [6, 6.07) is 9.48. The monoisotopic (exact) mass is 284 g/mol. The van der Waals surface area contributed by atoms with Gasteiger partial charge < -0.3 is 10.6 Å². The summed E-state index contributed by atoms with van der Waals surface area (Å²) in [4.78, 5) is 14.4. The first-order chi connectivity index (χ1) is 10.2. The Balaban J connectivity index is 1.55. The van der Waals surface area contributed by atoms with Crippen LogP contribution in [0, 0.1) is 23.2 Å². The Morgan fingerprint density at radius 3 is 2.86 bits per heavy atom. The van der Waals surface area contributed by atoms with Crippen LogP contribution in [0.3, 0.4) is 0 Å². The van der Waals surface area contributed by atoms with Crippen LogP contribution in [0.2, 0.25) is 0 Å². The number of amides is 1. The van der Waals surface area contributed by atoms with Crippen LogP contribution in [0.5, 0.6) is 0 Å². The predicted molar refractivity (Wildman–Crippen MR) is 80.7 cm³/mol. The Labute approximate surface area is 124 Å². The highest BCUT2D eigenvalue weighted by molar-refractivity contribution is 5.92. The van der Waals surface area contributed by atoms with Crippen molar-refractivity contribution in [1.82, 2.24) is 10.2 Å². The van der Waals surface area contributed by atoms with E-state index in [-0.39, 0.29) is 5.91 Å². The first kappa shape index (κ1) is 14.1. The van der Waals surface area contributed by atoms with E-state index in [0.29, 0.717) is 30.0 Å². The van der Waals surface area contributed by atoms with Crippen LogP contribution in [0.4, 0.5) is 5.69 Å². The summed E-state index contributed by atoms with van der Waals surface area (Å²) in [6.07, 6.45) is 0. The molecule has 0 bridgehead atoms. The molecule has 0 spiro atoms. The van der Waals surface area contributed by atoms with Gasteiger partial charge in [0.05, 0.1) is 18.2 Å². The summed E-state index contributed by atoms with van der Waals surface area (Å²) in [6.45, 7) is 5.79. The zero-order chi connectivity index (χ0) is 14.8. The second kappa shape index (κ2) is 5.84. The minimum atomic E-state index is 0.0134. The summed E-state index contributed by atoms with van der Waals surface area (Å²) >= 11 is 0. The van der Waals surface area contributed by atoms with Crippen molar-refractivity contribution in [3.8, 4) is 6.07 Å². The van der Waals surface area contributed by atoms with Crippen molar-refractivity contribution < 1.29 is 4.79 Å². The Kier molecular flexibility index (Phi) is 3.91. The van der Waals surface area contributed by atoms with Gasteiger partial charge in [0.25, 0.3) is 0 Å². The van der Waals surface area contributed by atoms with Gasteiger partial charge in [-0.25, -0.2) is 0 Å². The number of carbonyl (C=O) groups is 1. The Morgan fingerprint density at radius 1 is 1.43 bits per heavy atom.